The third kappa shape index (κ3) is 5.11. The highest BCUT2D eigenvalue weighted by molar-refractivity contribution is 6.08. The molecule has 2 aromatic carbocycles. The maximum atomic E-state index is 12.3. The first kappa shape index (κ1) is 21.0. The van der Waals surface area contributed by atoms with E-state index >= 15 is 0 Å². The van der Waals surface area contributed by atoms with E-state index in [9.17, 15) is 9.59 Å². The first-order valence-electron chi connectivity index (χ1n) is 8.56. The second-order valence-electron chi connectivity index (χ2n) is 6.05. The zero-order valence-electron chi connectivity index (χ0n) is 15.4. The number of aromatic amines is 1. The molecule has 3 rings (SSSR count). The van der Waals surface area contributed by atoms with Gasteiger partial charge in [-0.1, -0.05) is 42.5 Å². The number of amides is 2. The number of nitrogens with zero attached hydrogens (tertiary/aromatic N) is 1. The molecule has 8 heteroatoms. The standard InChI is InChI=1S/C20H21N5O2.ClH/c1-22-20(21)25-19(27)16-12-14-8-5-9-15(18(14)24-16)23-17(26)11-10-13-6-3-2-4-7-13;/h2-9,12,24H,10-11H2,1H3,(H,23,26)(H3,21,22,25,27);1H. The molecule has 5 N–H and O–H groups in total. The number of para-hydroxylation sites is 1. The van der Waals surface area contributed by atoms with Crippen LogP contribution in [0.4, 0.5) is 5.69 Å². The summed E-state index contributed by atoms with van der Waals surface area (Å²) in [5, 5.41) is 6.20. The van der Waals surface area contributed by atoms with Gasteiger partial charge in [-0.25, -0.2) is 0 Å². The van der Waals surface area contributed by atoms with Crippen molar-refractivity contribution in [2.45, 2.75) is 12.8 Å². The number of H-pyrrole nitrogens is 1. The maximum absolute atomic E-state index is 12.3. The molecule has 0 atom stereocenters. The minimum Gasteiger partial charge on any atom is -0.370 e. The first-order chi connectivity index (χ1) is 13.1. The molecule has 2 amide bonds. The van der Waals surface area contributed by atoms with E-state index in [0.717, 1.165) is 10.9 Å². The average molecular weight is 400 g/mol. The molecule has 1 aromatic heterocycles. The second-order valence-corrected chi connectivity index (χ2v) is 6.05. The van der Waals surface area contributed by atoms with Gasteiger partial charge in [-0.2, -0.15) is 0 Å². The average Bonchev–Trinajstić information content (AvgIpc) is 3.12. The normalized spacial score (nSPS) is 11.0. The fraction of sp³-hybridized carbons (Fsp3) is 0.150. The third-order valence-corrected chi connectivity index (χ3v) is 4.14. The smallest absolute Gasteiger partial charge is 0.274 e. The molecule has 0 aliphatic rings. The Balaban J connectivity index is 0.00000280. The number of aryl methyl sites for hydroxylation is 1. The molecule has 0 aliphatic carbocycles. The van der Waals surface area contributed by atoms with Crippen molar-refractivity contribution in [3.8, 4) is 0 Å². The highest BCUT2D eigenvalue weighted by atomic mass is 35.5. The lowest BCUT2D eigenvalue weighted by Crippen LogP contribution is -2.36. The van der Waals surface area contributed by atoms with E-state index < -0.39 is 5.91 Å². The van der Waals surface area contributed by atoms with E-state index in [2.05, 4.69) is 20.6 Å². The van der Waals surface area contributed by atoms with Crippen LogP contribution in [-0.4, -0.2) is 29.8 Å². The van der Waals surface area contributed by atoms with Crippen molar-refractivity contribution < 1.29 is 9.59 Å². The van der Waals surface area contributed by atoms with E-state index in [1.54, 1.807) is 12.1 Å². The van der Waals surface area contributed by atoms with Crippen molar-refractivity contribution in [2.75, 3.05) is 12.4 Å². The number of hydrogen-bond acceptors (Lipinski definition) is 3. The number of nitrogens with two attached hydrogens (primary N) is 1. The number of aromatic nitrogens is 1. The topological polar surface area (TPSA) is 112 Å². The van der Waals surface area contributed by atoms with Crippen molar-refractivity contribution in [3.05, 3.63) is 65.9 Å². The number of guanidine groups is 1. The van der Waals surface area contributed by atoms with Gasteiger partial charge in [0.15, 0.2) is 5.96 Å². The Morgan fingerprint density at radius 2 is 1.86 bits per heavy atom. The molecular formula is C20H22ClN5O2. The minimum absolute atomic E-state index is 0. The van der Waals surface area contributed by atoms with Gasteiger partial charge in [-0.05, 0) is 24.1 Å². The molecule has 0 aliphatic heterocycles. The molecule has 3 aromatic rings. The lowest BCUT2D eigenvalue weighted by atomic mass is 10.1. The van der Waals surface area contributed by atoms with Crippen molar-refractivity contribution in [1.82, 2.24) is 10.3 Å². The van der Waals surface area contributed by atoms with Crippen LogP contribution in [0.15, 0.2) is 59.6 Å². The number of carbonyl (C=O) groups excluding carboxylic acids is 2. The predicted octanol–water partition coefficient (Wildman–Crippen LogP) is 2.84. The van der Waals surface area contributed by atoms with Crippen molar-refractivity contribution in [1.29, 1.82) is 0 Å². The molecular weight excluding hydrogens is 378 g/mol. The fourth-order valence-electron chi connectivity index (χ4n) is 2.74. The van der Waals surface area contributed by atoms with E-state index in [0.29, 0.717) is 29.7 Å². The Morgan fingerprint density at radius 3 is 2.57 bits per heavy atom. The number of carbonyl (C=O) groups is 2. The van der Waals surface area contributed by atoms with E-state index in [1.165, 1.54) is 7.05 Å². The van der Waals surface area contributed by atoms with Crippen LogP contribution in [0, 0.1) is 0 Å². The summed E-state index contributed by atoms with van der Waals surface area (Å²) in [4.78, 5) is 31.2. The lowest BCUT2D eigenvalue weighted by molar-refractivity contribution is -0.116. The monoisotopic (exact) mass is 399 g/mol. The largest absolute Gasteiger partial charge is 0.370 e. The van der Waals surface area contributed by atoms with Gasteiger partial charge >= 0.3 is 0 Å². The zero-order valence-corrected chi connectivity index (χ0v) is 16.2. The highest BCUT2D eigenvalue weighted by Crippen LogP contribution is 2.24. The van der Waals surface area contributed by atoms with Crippen LogP contribution in [-0.2, 0) is 11.2 Å². The van der Waals surface area contributed by atoms with Crippen LogP contribution >= 0.6 is 12.4 Å². The summed E-state index contributed by atoms with van der Waals surface area (Å²) in [6.07, 6.45) is 1.04. The van der Waals surface area contributed by atoms with Crippen LogP contribution in [0.2, 0.25) is 0 Å². The predicted molar refractivity (Wildman–Crippen MR) is 114 cm³/mol. The number of benzene rings is 2. The molecule has 0 spiro atoms. The summed E-state index contributed by atoms with van der Waals surface area (Å²) in [5.41, 5.74) is 8.29. The van der Waals surface area contributed by atoms with Gasteiger partial charge in [-0.3, -0.25) is 19.9 Å². The van der Waals surface area contributed by atoms with Crippen molar-refractivity contribution >= 4 is 46.8 Å². The molecule has 7 nitrogen and oxygen atoms in total. The molecule has 0 bridgehead atoms. The van der Waals surface area contributed by atoms with Crippen LogP contribution < -0.4 is 16.4 Å². The first-order valence-corrected chi connectivity index (χ1v) is 8.56. The van der Waals surface area contributed by atoms with Crippen molar-refractivity contribution in [2.24, 2.45) is 10.7 Å². The van der Waals surface area contributed by atoms with E-state index in [1.807, 2.05) is 42.5 Å². The van der Waals surface area contributed by atoms with Crippen LogP contribution in [0.25, 0.3) is 10.9 Å². The highest BCUT2D eigenvalue weighted by Gasteiger charge is 2.13. The molecule has 0 radical (unpaired) electrons. The summed E-state index contributed by atoms with van der Waals surface area (Å²) in [5.74, 6) is -0.446. The third-order valence-electron chi connectivity index (χ3n) is 4.14. The molecule has 0 saturated carbocycles. The minimum atomic E-state index is -0.393. The lowest BCUT2D eigenvalue weighted by Gasteiger charge is -2.07. The molecule has 146 valence electrons. The quantitative estimate of drug-likeness (QED) is 0.391. The second kappa shape index (κ2) is 9.57. The molecule has 0 saturated heterocycles. The number of aliphatic imine (C=N–C) groups is 1. The Bertz CT molecular complexity index is 998. The summed E-state index contributed by atoms with van der Waals surface area (Å²) < 4.78 is 0. The number of anilines is 1. The number of hydrogen-bond donors (Lipinski definition) is 4. The Labute approximate surface area is 168 Å². The summed E-state index contributed by atoms with van der Waals surface area (Å²) in [7, 11) is 1.49. The van der Waals surface area contributed by atoms with Gasteiger partial charge in [0.25, 0.3) is 5.91 Å². The number of nitrogens with one attached hydrogen (secondary N) is 3. The zero-order chi connectivity index (χ0) is 19.2. The van der Waals surface area contributed by atoms with Gasteiger partial charge in [0.2, 0.25) is 5.91 Å². The van der Waals surface area contributed by atoms with Gasteiger partial charge in [0.05, 0.1) is 11.2 Å². The van der Waals surface area contributed by atoms with Gasteiger partial charge in [0.1, 0.15) is 5.69 Å². The van der Waals surface area contributed by atoms with Gasteiger partial charge in [-0.15, -0.1) is 12.4 Å². The number of rotatable bonds is 5. The van der Waals surface area contributed by atoms with Gasteiger partial charge in [0, 0.05) is 18.9 Å². The van der Waals surface area contributed by atoms with Crippen molar-refractivity contribution in [3.63, 3.8) is 0 Å². The molecule has 1 heterocycles. The van der Waals surface area contributed by atoms with Crippen LogP contribution in [0.3, 0.4) is 0 Å². The molecule has 0 unspecified atom stereocenters. The Hall–Kier alpha value is -3.32. The fourth-order valence-corrected chi connectivity index (χ4v) is 2.74. The van der Waals surface area contributed by atoms with Crippen LogP contribution in [0.1, 0.15) is 22.5 Å². The van der Waals surface area contributed by atoms with Gasteiger partial charge < -0.3 is 16.0 Å². The number of halogens is 1. The SMILES string of the molecule is CN=C(N)NC(=O)c1cc2cccc(NC(=O)CCc3ccccc3)c2[nH]1.Cl. The van der Waals surface area contributed by atoms with E-state index in [4.69, 9.17) is 5.73 Å². The van der Waals surface area contributed by atoms with Crippen LogP contribution in [0.5, 0.6) is 0 Å². The Kier molecular flexibility index (Phi) is 7.17. The summed E-state index contributed by atoms with van der Waals surface area (Å²) in [6, 6.07) is 17.0. The summed E-state index contributed by atoms with van der Waals surface area (Å²) >= 11 is 0. The molecule has 28 heavy (non-hydrogen) atoms. The van der Waals surface area contributed by atoms with E-state index in [-0.39, 0.29) is 24.3 Å². The summed E-state index contributed by atoms with van der Waals surface area (Å²) in [6.45, 7) is 0. The Morgan fingerprint density at radius 1 is 1.11 bits per heavy atom. The maximum Gasteiger partial charge on any atom is 0.274 e. The molecule has 0 fully saturated rings. The number of fused-ring (bicyclic) bond motifs is 1.